The number of carboxylic acid groups (broad SMARTS) is 1. The van der Waals surface area contributed by atoms with Gasteiger partial charge >= 0.3 is 5.97 Å². The van der Waals surface area contributed by atoms with E-state index >= 15 is 0 Å². The van der Waals surface area contributed by atoms with Gasteiger partial charge < -0.3 is 10.4 Å². The molecule has 0 aliphatic carbocycles. The number of rotatable bonds is 10. The van der Waals surface area contributed by atoms with Crippen LogP contribution in [0, 0.1) is 0 Å². The fraction of sp³-hybridized carbons (Fsp3) is 0.259. The van der Waals surface area contributed by atoms with Gasteiger partial charge in [0, 0.05) is 25.9 Å². The standard InChI is InChI=1S/C27H26N2O4S2/c30-24(28-14-7-1-2-12-25(31)32)13-15-29-26(33)23(35-27(29)34)17-22-20-10-5-3-8-18(20)16-19-9-4-6-11-21(19)22/h3-6,8-11,16-17H,1-2,7,12-15H2,(H,28,30)(H,31,32)/b23-17-. The number of nitrogens with one attached hydrogen (secondary N) is 1. The van der Waals surface area contributed by atoms with Crippen molar-refractivity contribution in [2.45, 2.75) is 32.1 Å². The van der Waals surface area contributed by atoms with Crippen LogP contribution in [-0.2, 0) is 14.4 Å². The molecular formula is C27H26N2O4S2. The number of fused-ring (bicyclic) bond motifs is 2. The molecule has 3 aromatic carbocycles. The summed E-state index contributed by atoms with van der Waals surface area (Å²) in [5, 5.41) is 15.8. The van der Waals surface area contributed by atoms with Crippen molar-refractivity contribution in [1.29, 1.82) is 0 Å². The maximum atomic E-state index is 13.2. The molecule has 1 heterocycles. The van der Waals surface area contributed by atoms with Crippen molar-refractivity contribution in [3.8, 4) is 0 Å². The Labute approximate surface area is 213 Å². The Bertz CT molecular complexity index is 1280. The van der Waals surface area contributed by atoms with Gasteiger partial charge in [0.2, 0.25) is 5.91 Å². The van der Waals surface area contributed by atoms with E-state index in [1.165, 1.54) is 16.7 Å². The van der Waals surface area contributed by atoms with Gasteiger partial charge in [0.05, 0.1) is 4.91 Å². The van der Waals surface area contributed by atoms with Crippen LogP contribution < -0.4 is 5.32 Å². The molecule has 6 nitrogen and oxygen atoms in total. The summed E-state index contributed by atoms with van der Waals surface area (Å²) in [5.74, 6) is -1.14. The lowest BCUT2D eigenvalue weighted by Gasteiger charge is -2.14. The van der Waals surface area contributed by atoms with Gasteiger partial charge in [0.1, 0.15) is 4.32 Å². The molecule has 1 aliphatic heterocycles. The Morgan fingerprint density at radius 1 is 0.971 bits per heavy atom. The summed E-state index contributed by atoms with van der Waals surface area (Å²) >= 11 is 6.72. The normalized spacial score (nSPS) is 14.9. The van der Waals surface area contributed by atoms with Gasteiger partial charge in [-0.1, -0.05) is 78.9 Å². The molecule has 8 heteroatoms. The Kier molecular flexibility index (Phi) is 8.15. The van der Waals surface area contributed by atoms with E-state index in [1.807, 2.05) is 30.3 Å². The van der Waals surface area contributed by atoms with Crippen molar-refractivity contribution >= 4 is 73.7 Å². The number of carbonyl (C=O) groups is 3. The number of thioether (sulfide) groups is 1. The zero-order chi connectivity index (χ0) is 24.8. The monoisotopic (exact) mass is 506 g/mol. The predicted octanol–water partition coefficient (Wildman–Crippen LogP) is 5.35. The van der Waals surface area contributed by atoms with Crippen molar-refractivity contribution in [2.24, 2.45) is 0 Å². The Morgan fingerprint density at radius 3 is 2.29 bits per heavy atom. The molecule has 1 saturated heterocycles. The molecule has 0 spiro atoms. The van der Waals surface area contributed by atoms with Gasteiger partial charge in [-0.15, -0.1) is 0 Å². The van der Waals surface area contributed by atoms with Crippen LogP contribution in [0.1, 0.15) is 37.7 Å². The van der Waals surface area contributed by atoms with Crippen molar-refractivity contribution in [2.75, 3.05) is 13.1 Å². The summed E-state index contributed by atoms with van der Waals surface area (Å²) in [5.41, 5.74) is 0.986. The van der Waals surface area contributed by atoms with Crippen molar-refractivity contribution in [1.82, 2.24) is 10.2 Å². The largest absolute Gasteiger partial charge is 0.481 e. The highest BCUT2D eigenvalue weighted by molar-refractivity contribution is 8.26. The zero-order valence-corrected chi connectivity index (χ0v) is 20.8. The topological polar surface area (TPSA) is 86.7 Å². The molecule has 1 fully saturated rings. The fourth-order valence-corrected chi connectivity index (χ4v) is 5.43. The Morgan fingerprint density at radius 2 is 1.63 bits per heavy atom. The quantitative estimate of drug-likeness (QED) is 0.167. The molecule has 3 aromatic rings. The minimum atomic E-state index is -0.805. The van der Waals surface area contributed by atoms with Crippen LogP contribution in [0.25, 0.3) is 27.6 Å². The number of thiocarbonyl (C=S) groups is 1. The van der Waals surface area contributed by atoms with Crippen LogP contribution in [0.5, 0.6) is 0 Å². The van der Waals surface area contributed by atoms with Gasteiger partial charge in [-0.05, 0) is 52.1 Å². The van der Waals surface area contributed by atoms with Crippen molar-refractivity contribution in [3.63, 3.8) is 0 Å². The minimum absolute atomic E-state index is 0.143. The predicted molar refractivity (Wildman–Crippen MR) is 145 cm³/mol. The molecule has 180 valence electrons. The molecular weight excluding hydrogens is 480 g/mol. The van der Waals surface area contributed by atoms with E-state index in [0.29, 0.717) is 22.2 Å². The number of carboxylic acids is 1. The first-order valence-corrected chi connectivity index (χ1v) is 12.8. The Balaban J connectivity index is 1.42. The summed E-state index contributed by atoms with van der Waals surface area (Å²) < 4.78 is 0.451. The number of benzene rings is 3. The van der Waals surface area contributed by atoms with Crippen LogP contribution in [0.3, 0.4) is 0 Å². The molecule has 0 saturated carbocycles. The van der Waals surface area contributed by atoms with Gasteiger partial charge in [0.15, 0.2) is 0 Å². The number of carbonyl (C=O) groups excluding carboxylic acids is 2. The first-order chi connectivity index (χ1) is 16.9. The van der Waals surface area contributed by atoms with E-state index in [0.717, 1.165) is 39.9 Å². The third kappa shape index (κ3) is 6.07. The summed E-state index contributed by atoms with van der Waals surface area (Å²) in [7, 11) is 0. The van der Waals surface area contributed by atoms with Crippen molar-refractivity contribution in [3.05, 3.63) is 65.1 Å². The maximum Gasteiger partial charge on any atom is 0.303 e. The number of amides is 2. The zero-order valence-electron chi connectivity index (χ0n) is 19.2. The molecule has 0 aromatic heterocycles. The molecule has 1 aliphatic rings. The SMILES string of the molecule is O=C(O)CCCCCNC(=O)CCN1C(=O)/C(=C/c2c3ccccc3cc3ccccc23)SC1=S. The summed E-state index contributed by atoms with van der Waals surface area (Å²) in [6.07, 6.45) is 4.29. The van der Waals surface area contributed by atoms with Crippen LogP contribution in [-0.4, -0.2) is 45.2 Å². The highest BCUT2D eigenvalue weighted by Crippen LogP contribution is 2.36. The first-order valence-electron chi connectivity index (χ1n) is 11.6. The second-order valence-corrected chi connectivity index (χ2v) is 10.0. The van der Waals surface area contributed by atoms with Crippen molar-refractivity contribution < 1.29 is 19.5 Å². The highest BCUT2D eigenvalue weighted by atomic mass is 32.2. The molecule has 0 bridgehead atoms. The lowest BCUT2D eigenvalue weighted by Crippen LogP contribution is -2.33. The van der Waals surface area contributed by atoms with Gasteiger partial charge in [-0.25, -0.2) is 0 Å². The molecule has 2 amide bonds. The van der Waals surface area contributed by atoms with Crippen LogP contribution in [0.15, 0.2) is 59.5 Å². The van der Waals surface area contributed by atoms with Crippen LogP contribution in [0.4, 0.5) is 0 Å². The molecule has 0 radical (unpaired) electrons. The lowest BCUT2D eigenvalue weighted by molar-refractivity contribution is -0.137. The molecule has 0 unspecified atom stereocenters. The first kappa shape index (κ1) is 24.9. The molecule has 4 rings (SSSR count). The second kappa shape index (κ2) is 11.5. The lowest BCUT2D eigenvalue weighted by atomic mass is 9.96. The van der Waals surface area contributed by atoms with E-state index in [2.05, 4.69) is 35.6 Å². The number of unbranched alkanes of at least 4 members (excludes halogenated alkanes) is 2. The van der Waals surface area contributed by atoms with Gasteiger partial charge in [-0.2, -0.15) is 0 Å². The van der Waals surface area contributed by atoms with E-state index in [-0.39, 0.29) is 31.2 Å². The van der Waals surface area contributed by atoms with E-state index in [9.17, 15) is 14.4 Å². The molecule has 35 heavy (non-hydrogen) atoms. The highest BCUT2D eigenvalue weighted by Gasteiger charge is 2.32. The molecule has 0 atom stereocenters. The summed E-state index contributed by atoms with van der Waals surface area (Å²) in [4.78, 5) is 37.9. The average molecular weight is 507 g/mol. The number of aliphatic carboxylic acids is 1. The third-order valence-electron chi connectivity index (χ3n) is 5.91. The van der Waals surface area contributed by atoms with E-state index in [1.54, 1.807) is 0 Å². The van der Waals surface area contributed by atoms with Crippen LogP contribution in [0.2, 0.25) is 0 Å². The smallest absolute Gasteiger partial charge is 0.303 e. The van der Waals surface area contributed by atoms with E-state index < -0.39 is 5.97 Å². The second-order valence-electron chi connectivity index (χ2n) is 8.37. The number of hydrogen-bond donors (Lipinski definition) is 2. The Hall–Kier alpha value is -3.23. The average Bonchev–Trinajstić information content (AvgIpc) is 3.11. The third-order valence-corrected chi connectivity index (χ3v) is 7.29. The van der Waals surface area contributed by atoms with Gasteiger partial charge in [-0.3, -0.25) is 19.3 Å². The van der Waals surface area contributed by atoms with E-state index in [4.69, 9.17) is 17.3 Å². The summed E-state index contributed by atoms with van der Waals surface area (Å²) in [6, 6.07) is 18.4. The maximum absolute atomic E-state index is 13.2. The number of nitrogens with zero attached hydrogens (tertiary/aromatic N) is 1. The number of hydrogen-bond acceptors (Lipinski definition) is 5. The summed E-state index contributed by atoms with van der Waals surface area (Å²) in [6.45, 7) is 0.716. The van der Waals surface area contributed by atoms with Gasteiger partial charge in [0.25, 0.3) is 5.91 Å². The fourth-order valence-electron chi connectivity index (χ4n) is 4.14. The minimum Gasteiger partial charge on any atom is -0.481 e. The molecule has 2 N–H and O–H groups in total. The van der Waals surface area contributed by atoms with Crippen LogP contribution >= 0.6 is 24.0 Å².